The molecule has 0 aliphatic rings. The average Bonchev–Trinajstić information content (AvgIpc) is 2.67. The number of carbonyl (C=O) groups excluding carboxylic acids is 1. The van der Waals surface area contributed by atoms with E-state index in [2.05, 4.69) is 5.32 Å². The van der Waals surface area contributed by atoms with Crippen molar-refractivity contribution in [1.82, 2.24) is 9.88 Å². The molecule has 1 aromatic carbocycles. The SMILES string of the molecule is Cc1c(O)c(=O)ccn1CCNC(=O)Cc1cc(=O)oc2cc(N(C)C)ccc12. The van der Waals surface area contributed by atoms with Crippen LogP contribution in [0.25, 0.3) is 11.0 Å². The number of benzene rings is 1. The third-order valence-corrected chi connectivity index (χ3v) is 4.77. The van der Waals surface area contributed by atoms with Crippen LogP contribution in [0.15, 0.2) is 50.5 Å². The molecule has 0 saturated carbocycles. The minimum absolute atomic E-state index is 0.0395. The highest BCUT2D eigenvalue weighted by Gasteiger charge is 2.12. The standard InChI is InChI=1S/C21H23N3O5/c1-13-21(28)17(25)6-8-24(13)9-7-22-19(26)10-14-11-20(27)29-18-12-15(23(2)3)4-5-16(14)18/h4-6,8,11-12,28H,7,9-10H2,1-3H3,(H,22,26). The molecule has 0 radical (unpaired) electrons. The Bertz CT molecular complexity index is 1180. The Hall–Kier alpha value is -3.55. The predicted octanol–water partition coefficient (Wildman–Crippen LogP) is 1.39. The largest absolute Gasteiger partial charge is 0.503 e. The molecule has 0 saturated heterocycles. The van der Waals surface area contributed by atoms with Crippen LogP contribution in [-0.2, 0) is 17.8 Å². The van der Waals surface area contributed by atoms with Crippen molar-refractivity contribution in [2.24, 2.45) is 0 Å². The molecule has 3 rings (SSSR count). The third-order valence-electron chi connectivity index (χ3n) is 4.77. The molecule has 2 heterocycles. The molecular formula is C21H23N3O5. The number of aromatic nitrogens is 1. The summed E-state index contributed by atoms with van der Waals surface area (Å²) in [6.07, 6.45) is 1.61. The number of nitrogens with zero attached hydrogens (tertiary/aromatic N) is 2. The Morgan fingerprint density at radius 1 is 1.21 bits per heavy atom. The number of carbonyl (C=O) groups is 1. The van der Waals surface area contributed by atoms with Crippen molar-refractivity contribution < 1.29 is 14.3 Å². The van der Waals surface area contributed by atoms with Gasteiger partial charge in [-0.3, -0.25) is 9.59 Å². The highest BCUT2D eigenvalue weighted by Crippen LogP contribution is 2.23. The van der Waals surface area contributed by atoms with E-state index in [0.717, 1.165) is 5.69 Å². The van der Waals surface area contributed by atoms with Gasteiger partial charge in [0.25, 0.3) is 0 Å². The van der Waals surface area contributed by atoms with Gasteiger partial charge in [0.15, 0.2) is 5.75 Å². The molecule has 0 unspecified atom stereocenters. The maximum Gasteiger partial charge on any atom is 0.336 e. The van der Waals surface area contributed by atoms with Crippen LogP contribution in [0.2, 0.25) is 0 Å². The molecule has 1 amide bonds. The first-order valence-corrected chi connectivity index (χ1v) is 9.16. The second kappa shape index (κ2) is 8.22. The number of rotatable bonds is 6. The second-order valence-corrected chi connectivity index (χ2v) is 7.00. The Kier molecular flexibility index (Phi) is 5.72. The van der Waals surface area contributed by atoms with Crippen LogP contribution in [0.3, 0.4) is 0 Å². The fourth-order valence-corrected chi connectivity index (χ4v) is 3.10. The molecule has 0 aliphatic heterocycles. The number of hydrogen-bond donors (Lipinski definition) is 2. The van der Waals surface area contributed by atoms with Gasteiger partial charge in [0, 0.05) is 62.7 Å². The zero-order valence-corrected chi connectivity index (χ0v) is 16.6. The van der Waals surface area contributed by atoms with Gasteiger partial charge in [-0.2, -0.15) is 0 Å². The molecular weight excluding hydrogens is 374 g/mol. The Balaban J connectivity index is 1.71. The zero-order valence-electron chi connectivity index (χ0n) is 16.6. The van der Waals surface area contributed by atoms with Crippen molar-refractivity contribution in [2.45, 2.75) is 19.9 Å². The van der Waals surface area contributed by atoms with Crippen molar-refractivity contribution >= 4 is 22.6 Å². The number of anilines is 1. The highest BCUT2D eigenvalue weighted by molar-refractivity contribution is 5.88. The molecule has 3 aromatic rings. The second-order valence-electron chi connectivity index (χ2n) is 7.00. The van der Waals surface area contributed by atoms with E-state index in [9.17, 15) is 19.5 Å². The molecule has 0 atom stereocenters. The molecule has 152 valence electrons. The lowest BCUT2D eigenvalue weighted by atomic mass is 10.1. The summed E-state index contributed by atoms with van der Waals surface area (Å²) in [5.74, 6) is -0.532. The summed E-state index contributed by atoms with van der Waals surface area (Å²) < 4.78 is 6.97. The first-order valence-electron chi connectivity index (χ1n) is 9.16. The summed E-state index contributed by atoms with van der Waals surface area (Å²) in [5.41, 5.74) is 1.42. The molecule has 8 heteroatoms. The minimum atomic E-state index is -0.504. The summed E-state index contributed by atoms with van der Waals surface area (Å²) in [4.78, 5) is 37.6. The van der Waals surface area contributed by atoms with E-state index in [0.29, 0.717) is 35.3 Å². The summed E-state index contributed by atoms with van der Waals surface area (Å²) in [7, 11) is 3.78. The first kappa shape index (κ1) is 20.2. The molecule has 2 aromatic heterocycles. The Morgan fingerprint density at radius 3 is 2.69 bits per heavy atom. The van der Waals surface area contributed by atoms with Crippen LogP contribution in [-0.4, -0.2) is 36.2 Å². The number of fused-ring (bicyclic) bond motifs is 1. The van der Waals surface area contributed by atoms with Gasteiger partial charge in [0.05, 0.1) is 12.1 Å². The Labute approximate surface area is 167 Å². The van der Waals surface area contributed by atoms with Gasteiger partial charge in [-0.25, -0.2) is 4.79 Å². The van der Waals surface area contributed by atoms with Gasteiger partial charge in [0.2, 0.25) is 11.3 Å². The number of aromatic hydroxyl groups is 1. The van der Waals surface area contributed by atoms with Crippen LogP contribution in [0.5, 0.6) is 5.75 Å². The van der Waals surface area contributed by atoms with Gasteiger partial charge in [-0.05, 0) is 24.6 Å². The van der Waals surface area contributed by atoms with Crippen molar-refractivity contribution in [3.05, 3.63) is 68.4 Å². The molecule has 0 aliphatic carbocycles. The number of pyridine rings is 1. The van der Waals surface area contributed by atoms with Crippen molar-refractivity contribution in [3.63, 3.8) is 0 Å². The van der Waals surface area contributed by atoms with E-state index in [-0.39, 0.29) is 18.1 Å². The lowest BCUT2D eigenvalue weighted by Gasteiger charge is -2.14. The van der Waals surface area contributed by atoms with E-state index in [4.69, 9.17) is 4.42 Å². The monoisotopic (exact) mass is 397 g/mol. The summed E-state index contributed by atoms with van der Waals surface area (Å²) in [6.45, 7) is 2.34. The normalized spacial score (nSPS) is 10.9. The van der Waals surface area contributed by atoms with E-state index >= 15 is 0 Å². The molecule has 29 heavy (non-hydrogen) atoms. The van der Waals surface area contributed by atoms with Crippen LogP contribution in [0.1, 0.15) is 11.3 Å². The average molecular weight is 397 g/mol. The molecule has 8 nitrogen and oxygen atoms in total. The Morgan fingerprint density at radius 2 is 1.97 bits per heavy atom. The molecule has 0 fully saturated rings. The van der Waals surface area contributed by atoms with Gasteiger partial charge in [-0.1, -0.05) is 0 Å². The molecule has 2 N–H and O–H groups in total. The van der Waals surface area contributed by atoms with Gasteiger partial charge >= 0.3 is 5.63 Å². The van der Waals surface area contributed by atoms with E-state index in [1.165, 1.54) is 12.1 Å². The highest BCUT2D eigenvalue weighted by atomic mass is 16.4. The van der Waals surface area contributed by atoms with Crippen molar-refractivity contribution in [2.75, 3.05) is 25.5 Å². The molecule has 0 bridgehead atoms. The quantitative estimate of drug-likeness (QED) is 0.609. The maximum atomic E-state index is 12.4. The van der Waals surface area contributed by atoms with Crippen LogP contribution < -0.4 is 21.3 Å². The summed E-state index contributed by atoms with van der Waals surface area (Å²) in [5, 5.41) is 13.2. The smallest absolute Gasteiger partial charge is 0.336 e. The maximum absolute atomic E-state index is 12.4. The minimum Gasteiger partial charge on any atom is -0.503 e. The van der Waals surface area contributed by atoms with Gasteiger partial charge < -0.3 is 24.3 Å². The zero-order chi connectivity index (χ0) is 21.1. The first-order chi connectivity index (χ1) is 13.8. The number of amides is 1. The number of nitrogens with one attached hydrogen (secondary N) is 1. The fraction of sp³-hybridized carbons (Fsp3) is 0.286. The lowest BCUT2D eigenvalue weighted by molar-refractivity contribution is -0.120. The topological polar surface area (TPSA) is 105 Å². The lowest BCUT2D eigenvalue weighted by Crippen LogP contribution is -2.29. The predicted molar refractivity (Wildman–Crippen MR) is 111 cm³/mol. The van der Waals surface area contributed by atoms with Crippen LogP contribution in [0, 0.1) is 6.92 Å². The summed E-state index contributed by atoms with van der Waals surface area (Å²) in [6, 6.07) is 8.12. The van der Waals surface area contributed by atoms with Gasteiger partial charge in [0.1, 0.15) is 5.58 Å². The number of hydrogen-bond acceptors (Lipinski definition) is 6. The van der Waals surface area contributed by atoms with Gasteiger partial charge in [-0.15, -0.1) is 0 Å². The van der Waals surface area contributed by atoms with E-state index in [1.807, 2.05) is 31.1 Å². The van der Waals surface area contributed by atoms with E-state index in [1.54, 1.807) is 23.8 Å². The summed E-state index contributed by atoms with van der Waals surface area (Å²) >= 11 is 0. The van der Waals surface area contributed by atoms with Crippen molar-refractivity contribution in [3.8, 4) is 5.75 Å². The van der Waals surface area contributed by atoms with Crippen LogP contribution >= 0.6 is 0 Å². The van der Waals surface area contributed by atoms with Crippen molar-refractivity contribution in [1.29, 1.82) is 0 Å². The third kappa shape index (κ3) is 4.48. The van der Waals surface area contributed by atoms with Crippen LogP contribution in [0.4, 0.5) is 5.69 Å². The van der Waals surface area contributed by atoms with E-state index < -0.39 is 11.1 Å². The molecule has 0 spiro atoms. The fourth-order valence-electron chi connectivity index (χ4n) is 3.10.